The van der Waals surface area contributed by atoms with Crippen molar-refractivity contribution >= 4 is 47.1 Å². The van der Waals surface area contributed by atoms with Crippen molar-refractivity contribution in [2.45, 2.75) is 76.6 Å². The summed E-state index contributed by atoms with van der Waals surface area (Å²) in [5, 5.41) is 9.92. The Bertz CT molecular complexity index is 2000. The number of nitrogens with one attached hydrogen (secondary N) is 1. The Morgan fingerprint density at radius 3 is 2.25 bits per heavy atom. The Labute approximate surface area is 354 Å². The van der Waals surface area contributed by atoms with Crippen molar-refractivity contribution in [2.24, 2.45) is 11.7 Å². The number of aromatic nitrogens is 1. The molecule has 0 radical (unpaired) electrons. The molecule has 1 aliphatic heterocycles. The van der Waals surface area contributed by atoms with Crippen LogP contribution in [0.15, 0.2) is 72.9 Å². The molecule has 1 aliphatic carbocycles. The van der Waals surface area contributed by atoms with E-state index in [9.17, 15) is 41.5 Å². The first-order valence-electron chi connectivity index (χ1n) is 20.0. The number of nitrogens with zero attached hydrogens (tertiary/aromatic N) is 3. The van der Waals surface area contributed by atoms with Crippen LogP contribution in [0.2, 0.25) is 0 Å². The second kappa shape index (κ2) is 23.6. The summed E-state index contributed by atoms with van der Waals surface area (Å²) in [6.07, 6.45) is 5.38. The fraction of sp³-hybridized carbons (Fsp3) is 0.442. The molecule has 3 aromatic rings. The van der Waals surface area contributed by atoms with Crippen molar-refractivity contribution in [3.63, 3.8) is 0 Å². The number of Topliss-reactive ketones (excluding diaryl/α,β-unsaturated/α-hetero) is 1. The van der Waals surface area contributed by atoms with Crippen molar-refractivity contribution in [3.8, 4) is 11.1 Å². The number of carbonyl (C=O) groups excluding carboxylic acids is 5. The van der Waals surface area contributed by atoms with Crippen molar-refractivity contribution in [1.29, 1.82) is 0 Å². The monoisotopic (exact) mass is 875 g/mol. The van der Waals surface area contributed by atoms with E-state index in [1.807, 2.05) is 47.5 Å². The van der Waals surface area contributed by atoms with Crippen molar-refractivity contribution < 1.29 is 55.8 Å². The van der Waals surface area contributed by atoms with Gasteiger partial charge in [0.1, 0.15) is 11.6 Å². The molecule has 0 spiro atoms. The van der Waals surface area contributed by atoms with Crippen LogP contribution in [0.1, 0.15) is 75.1 Å². The lowest BCUT2D eigenvalue weighted by Gasteiger charge is -2.39. The van der Waals surface area contributed by atoms with Crippen molar-refractivity contribution in [2.75, 3.05) is 37.7 Å². The highest BCUT2D eigenvalue weighted by Gasteiger charge is 2.38. The summed E-state index contributed by atoms with van der Waals surface area (Å²) in [5.74, 6) is -4.63. The zero-order valence-electron chi connectivity index (χ0n) is 33.5. The number of nitrogens with two attached hydrogens (primary N) is 1. The number of rotatable bonds is 20. The predicted molar refractivity (Wildman–Crippen MR) is 219 cm³/mol. The molecule has 1 atom stereocenters. The molecule has 18 heteroatoms. The molecule has 330 valence electrons. The van der Waals surface area contributed by atoms with E-state index in [0.717, 1.165) is 72.5 Å². The maximum atomic E-state index is 15.1. The lowest BCUT2D eigenvalue weighted by Crippen LogP contribution is -2.42. The molecule has 2 heterocycles. The molecule has 12 nitrogen and oxygen atoms in total. The summed E-state index contributed by atoms with van der Waals surface area (Å²) < 4.78 is 63.4. The number of aliphatic carboxylic acids is 1. The van der Waals surface area contributed by atoms with Gasteiger partial charge in [0, 0.05) is 73.4 Å². The molecule has 2 aromatic carbocycles. The average Bonchev–Trinajstić information content (AvgIpc) is 3.78. The smallest absolute Gasteiger partial charge is 0.475 e. The van der Waals surface area contributed by atoms with Gasteiger partial charge in [0.05, 0.1) is 18.3 Å². The first-order chi connectivity index (χ1) is 29.1. The third-order valence-electron chi connectivity index (χ3n) is 10.2. The van der Waals surface area contributed by atoms with Crippen LogP contribution in [0, 0.1) is 17.6 Å². The maximum Gasteiger partial charge on any atom is 0.490 e. The second-order valence-corrected chi connectivity index (χ2v) is 15.8. The van der Waals surface area contributed by atoms with Crippen LogP contribution in [0.4, 0.5) is 22.0 Å². The molecule has 4 N–H and O–H groups in total. The minimum Gasteiger partial charge on any atom is -0.475 e. The molecule has 2 aliphatic rings. The normalized spacial score (nSPS) is 14.7. The first-order valence-corrected chi connectivity index (χ1v) is 21.1. The summed E-state index contributed by atoms with van der Waals surface area (Å²) in [6, 6.07) is 15.0. The number of benzene rings is 2. The summed E-state index contributed by atoms with van der Waals surface area (Å²) >= 11 is 1.37. The topological polar surface area (TPSA) is 172 Å². The van der Waals surface area contributed by atoms with Crippen LogP contribution in [0.5, 0.6) is 0 Å². The number of carboxylic acids is 1. The van der Waals surface area contributed by atoms with Crippen LogP contribution < -0.4 is 11.1 Å². The highest BCUT2D eigenvalue weighted by Crippen LogP contribution is 2.41. The minimum absolute atomic E-state index is 0.0703. The number of carbonyl (C=O) groups is 6. The van der Waals surface area contributed by atoms with Crippen LogP contribution in [0.3, 0.4) is 0 Å². The predicted octanol–water partition coefficient (Wildman–Crippen LogP) is 6.43. The number of hydrogen-bond donors (Lipinski definition) is 3. The van der Waals surface area contributed by atoms with Crippen LogP contribution in [-0.2, 0) is 35.3 Å². The van der Waals surface area contributed by atoms with Gasteiger partial charge in [0.25, 0.3) is 11.8 Å². The molecule has 61 heavy (non-hydrogen) atoms. The molecular formula is C43H50F5N5O7S. The van der Waals surface area contributed by atoms with Crippen molar-refractivity contribution in [3.05, 3.63) is 95.8 Å². The number of carboxylic acid groups (broad SMARTS) is 1. The quantitative estimate of drug-likeness (QED) is 0.0658. The lowest BCUT2D eigenvalue weighted by atomic mass is 9.81. The molecule has 1 fully saturated rings. The van der Waals surface area contributed by atoms with E-state index in [4.69, 9.17) is 15.6 Å². The van der Waals surface area contributed by atoms with Gasteiger partial charge in [-0.05, 0) is 68.0 Å². The van der Waals surface area contributed by atoms with E-state index in [1.54, 1.807) is 0 Å². The van der Waals surface area contributed by atoms with Gasteiger partial charge in [-0.1, -0.05) is 49.6 Å². The number of hydrogen-bond acceptors (Lipinski definition) is 8. The number of alkyl halides is 3. The van der Waals surface area contributed by atoms with E-state index in [0.29, 0.717) is 43.8 Å². The molecule has 0 bridgehead atoms. The van der Waals surface area contributed by atoms with Gasteiger partial charge in [-0.15, -0.1) is 0 Å². The number of ketones is 1. The highest BCUT2D eigenvalue weighted by molar-refractivity contribution is 7.99. The van der Waals surface area contributed by atoms with Crippen molar-refractivity contribution in [1.82, 2.24) is 19.7 Å². The molecule has 4 amide bonds. The standard InChI is InChI=1S/C41H49F2N5O5S.C2HF3O2/c42-32-14-15-35(43)34(24-32)31-23-36(46(26-31)25-29-9-3-1-4-10-29)41(30-11-5-2-6-12-30)47(21-8-19-44)40(53)28-54-22-18-37(50)45-20-7-13-33(49)27-48-38(51)16-17-39(48)52;3-2(4,5)1(6)7/h1,3-4,9-10,14-17,23-24,26,30,41H,2,5-8,11-13,18-22,25,27-28,44H2,(H,45,50);(H,6,7)/t41-;/m1./s1. The van der Waals surface area contributed by atoms with E-state index in [1.165, 1.54) is 17.8 Å². The van der Waals surface area contributed by atoms with Crippen LogP contribution in [0.25, 0.3) is 11.1 Å². The SMILES string of the molecule is NCCCN(C(=O)CSCCC(=O)NCCCC(=O)CN1C(=O)C=CC1=O)[C@@H](c1cc(-c2cc(F)ccc2F)cn1Cc1ccccc1)C1CCCCC1.O=C(O)C(F)(F)F. The van der Waals surface area contributed by atoms with E-state index in [-0.39, 0.29) is 66.8 Å². The molecule has 1 aromatic heterocycles. The summed E-state index contributed by atoms with van der Waals surface area (Å²) in [7, 11) is 0. The van der Waals surface area contributed by atoms with Gasteiger partial charge in [-0.3, -0.25) is 28.9 Å². The zero-order chi connectivity index (χ0) is 44.5. The summed E-state index contributed by atoms with van der Waals surface area (Å²) in [5.41, 5.74) is 8.60. The zero-order valence-corrected chi connectivity index (χ0v) is 34.3. The molecule has 0 unspecified atom stereocenters. The Hall–Kier alpha value is -5.36. The third-order valence-corrected chi connectivity index (χ3v) is 11.1. The Kier molecular flexibility index (Phi) is 18.7. The van der Waals surface area contributed by atoms with Crippen LogP contribution >= 0.6 is 11.8 Å². The molecule has 0 saturated heterocycles. The lowest BCUT2D eigenvalue weighted by molar-refractivity contribution is -0.192. The van der Waals surface area contributed by atoms with Gasteiger partial charge >= 0.3 is 12.1 Å². The Morgan fingerprint density at radius 2 is 1.61 bits per heavy atom. The first kappa shape index (κ1) is 48.3. The van der Waals surface area contributed by atoms with E-state index in [2.05, 4.69) is 9.88 Å². The fourth-order valence-corrected chi connectivity index (χ4v) is 8.01. The summed E-state index contributed by atoms with van der Waals surface area (Å²) in [4.78, 5) is 74.0. The van der Waals surface area contributed by atoms with Crippen LogP contribution in [-0.4, -0.2) is 98.7 Å². The Balaban J connectivity index is 0.00000107. The largest absolute Gasteiger partial charge is 0.490 e. The van der Waals surface area contributed by atoms with E-state index < -0.39 is 35.6 Å². The molecule has 5 rings (SSSR count). The summed E-state index contributed by atoms with van der Waals surface area (Å²) in [6.45, 7) is 1.32. The average molecular weight is 876 g/mol. The fourth-order valence-electron chi connectivity index (χ4n) is 7.20. The van der Waals surface area contributed by atoms with Gasteiger partial charge in [0.15, 0.2) is 5.78 Å². The number of thioether (sulfide) groups is 1. The highest BCUT2D eigenvalue weighted by atomic mass is 32.2. The Morgan fingerprint density at radius 1 is 0.934 bits per heavy atom. The number of amides is 4. The van der Waals surface area contributed by atoms with Gasteiger partial charge in [-0.2, -0.15) is 24.9 Å². The molecule has 1 saturated carbocycles. The number of imide groups is 1. The minimum atomic E-state index is -5.08. The van der Waals surface area contributed by atoms with Gasteiger partial charge in [-0.25, -0.2) is 13.6 Å². The third kappa shape index (κ3) is 14.9. The van der Waals surface area contributed by atoms with Gasteiger partial charge < -0.3 is 25.6 Å². The maximum absolute atomic E-state index is 15.1. The second-order valence-electron chi connectivity index (χ2n) is 14.7. The number of halogens is 5. The van der Waals surface area contributed by atoms with E-state index >= 15 is 4.39 Å². The van der Waals surface area contributed by atoms with Gasteiger partial charge in [0.2, 0.25) is 11.8 Å². The molecular weight excluding hydrogens is 826 g/mol.